The van der Waals surface area contributed by atoms with Gasteiger partial charge in [-0.15, -0.1) is 0 Å². The van der Waals surface area contributed by atoms with Crippen LogP contribution in [0.5, 0.6) is 5.75 Å². The van der Waals surface area contributed by atoms with E-state index in [2.05, 4.69) is 23.5 Å². The second kappa shape index (κ2) is 5.93. The van der Waals surface area contributed by atoms with Gasteiger partial charge in [0, 0.05) is 24.1 Å². The molecule has 3 rings (SSSR count). The molecule has 1 aliphatic heterocycles. The first-order valence-electron chi connectivity index (χ1n) is 7.56. The van der Waals surface area contributed by atoms with Crippen LogP contribution in [0, 0.1) is 5.92 Å². The molecular weight excluding hydrogens is 236 g/mol. The van der Waals surface area contributed by atoms with Crippen molar-refractivity contribution in [1.82, 2.24) is 5.32 Å². The number of fused-ring (bicyclic) bond motifs is 1. The van der Waals surface area contributed by atoms with Gasteiger partial charge in [-0.05, 0) is 31.4 Å². The molecule has 0 saturated heterocycles. The summed E-state index contributed by atoms with van der Waals surface area (Å²) in [5.74, 6) is 1.69. The molecule has 104 valence electrons. The number of nitrogens with two attached hydrogens (primary N) is 1. The number of nitrogens with one attached hydrogen (secondary N) is 1. The Morgan fingerprint density at radius 2 is 2.00 bits per heavy atom. The fraction of sp³-hybridized carbons (Fsp3) is 0.625. The zero-order chi connectivity index (χ0) is 13.1. The van der Waals surface area contributed by atoms with Crippen molar-refractivity contribution < 1.29 is 4.74 Å². The zero-order valence-electron chi connectivity index (χ0n) is 11.5. The van der Waals surface area contributed by atoms with Crippen LogP contribution in [0.15, 0.2) is 24.3 Å². The maximum atomic E-state index is 5.93. The van der Waals surface area contributed by atoms with E-state index in [1.807, 2.05) is 6.07 Å². The Hall–Kier alpha value is -1.06. The summed E-state index contributed by atoms with van der Waals surface area (Å²) in [6.45, 7) is 1.62. The monoisotopic (exact) mass is 260 g/mol. The molecule has 1 saturated carbocycles. The second-order valence-electron chi connectivity index (χ2n) is 5.78. The van der Waals surface area contributed by atoms with Gasteiger partial charge in [-0.1, -0.05) is 31.0 Å². The Kier molecular flexibility index (Phi) is 4.04. The molecule has 1 fully saturated rings. The lowest BCUT2D eigenvalue weighted by Gasteiger charge is -2.36. The maximum absolute atomic E-state index is 5.93. The molecule has 0 amide bonds. The topological polar surface area (TPSA) is 47.3 Å². The van der Waals surface area contributed by atoms with E-state index < -0.39 is 0 Å². The van der Waals surface area contributed by atoms with Gasteiger partial charge in [0.15, 0.2) is 0 Å². The quantitative estimate of drug-likeness (QED) is 0.878. The number of benzene rings is 1. The molecule has 1 aromatic rings. The Morgan fingerprint density at radius 3 is 2.89 bits per heavy atom. The minimum atomic E-state index is 0.432. The standard InChI is InChI=1S/C16H24N2O/c17-11-12-5-1-3-7-14(12)18-15-9-10-19-16-8-4-2-6-13(15)16/h2,4,6,8,12,14-15,18H,1,3,5,7,9-11,17H2. The highest BCUT2D eigenvalue weighted by molar-refractivity contribution is 5.37. The third-order valence-electron chi connectivity index (χ3n) is 4.59. The first-order chi connectivity index (χ1) is 9.38. The molecule has 2 aliphatic rings. The second-order valence-corrected chi connectivity index (χ2v) is 5.78. The van der Waals surface area contributed by atoms with Crippen molar-refractivity contribution in [3.8, 4) is 5.75 Å². The maximum Gasteiger partial charge on any atom is 0.124 e. The summed E-state index contributed by atoms with van der Waals surface area (Å²) in [6.07, 6.45) is 6.27. The zero-order valence-corrected chi connectivity index (χ0v) is 11.5. The van der Waals surface area contributed by atoms with Crippen molar-refractivity contribution in [3.63, 3.8) is 0 Å². The van der Waals surface area contributed by atoms with Crippen molar-refractivity contribution in [3.05, 3.63) is 29.8 Å². The lowest BCUT2D eigenvalue weighted by Crippen LogP contribution is -2.44. The van der Waals surface area contributed by atoms with Crippen molar-refractivity contribution in [2.24, 2.45) is 11.7 Å². The van der Waals surface area contributed by atoms with E-state index in [9.17, 15) is 0 Å². The highest BCUT2D eigenvalue weighted by Crippen LogP contribution is 2.34. The molecule has 1 heterocycles. The predicted molar refractivity (Wildman–Crippen MR) is 77.2 cm³/mol. The van der Waals surface area contributed by atoms with Gasteiger partial charge in [0.25, 0.3) is 0 Å². The summed E-state index contributed by atoms with van der Waals surface area (Å²) in [5.41, 5.74) is 7.24. The van der Waals surface area contributed by atoms with E-state index in [1.54, 1.807) is 0 Å². The van der Waals surface area contributed by atoms with Gasteiger partial charge in [-0.25, -0.2) is 0 Å². The van der Waals surface area contributed by atoms with Crippen molar-refractivity contribution in [2.75, 3.05) is 13.2 Å². The van der Waals surface area contributed by atoms with Gasteiger partial charge in [-0.2, -0.15) is 0 Å². The van der Waals surface area contributed by atoms with Gasteiger partial charge in [0.2, 0.25) is 0 Å². The van der Waals surface area contributed by atoms with Crippen LogP contribution in [0.25, 0.3) is 0 Å². The lowest BCUT2D eigenvalue weighted by molar-refractivity contribution is 0.204. The lowest BCUT2D eigenvalue weighted by atomic mass is 9.83. The molecule has 3 nitrogen and oxygen atoms in total. The smallest absolute Gasteiger partial charge is 0.124 e. The fourth-order valence-electron chi connectivity index (χ4n) is 3.48. The van der Waals surface area contributed by atoms with Crippen LogP contribution in [-0.2, 0) is 0 Å². The Bertz CT molecular complexity index is 421. The average Bonchev–Trinajstić information content (AvgIpc) is 2.48. The predicted octanol–water partition coefficient (Wildman–Crippen LogP) is 2.62. The number of hydrogen-bond acceptors (Lipinski definition) is 3. The summed E-state index contributed by atoms with van der Waals surface area (Å²) < 4.78 is 5.73. The Labute approximate surface area is 115 Å². The van der Waals surface area contributed by atoms with Crippen LogP contribution in [0.1, 0.15) is 43.7 Å². The van der Waals surface area contributed by atoms with Crippen LogP contribution in [0.2, 0.25) is 0 Å². The highest BCUT2D eigenvalue weighted by atomic mass is 16.5. The van der Waals surface area contributed by atoms with E-state index in [4.69, 9.17) is 10.5 Å². The van der Waals surface area contributed by atoms with Gasteiger partial charge < -0.3 is 15.8 Å². The molecule has 1 aromatic carbocycles. The van der Waals surface area contributed by atoms with Crippen molar-refractivity contribution >= 4 is 0 Å². The van der Waals surface area contributed by atoms with E-state index >= 15 is 0 Å². The summed E-state index contributed by atoms with van der Waals surface area (Å²) in [6, 6.07) is 9.42. The molecule has 3 unspecified atom stereocenters. The number of ether oxygens (including phenoxy) is 1. The Balaban J connectivity index is 1.73. The molecule has 0 spiro atoms. The average molecular weight is 260 g/mol. The number of para-hydroxylation sites is 1. The molecular formula is C16H24N2O. The first-order valence-corrected chi connectivity index (χ1v) is 7.56. The SMILES string of the molecule is NCC1CCCCC1NC1CCOc2ccccc21. The number of hydrogen-bond donors (Lipinski definition) is 2. The summed E-state index contributed by atoms with van der Waals surface area (Å²) in [4.78, 5) is 0. The molecule has 3 heteroatoms. The van der Waals surface area contributed by atoms with Gasteiger partial charge in [0.1, 0.15) is 5.75 Å². The van der Waals surface area contributed by atoms with Crippen LogP contribution in [0.4, 0.5) is 0 Å². The minimum Gasteiger partial charge on any atom is -0.493 e. The Morgan fingerprint density at radius 1 is 1.16 bits per heavy atom. The van der Waals surface area contributed by atoms with E-state index in [0.29, 0.717) is 18.0 Å². The highest BCUT2D eigenvalue weighted by Gasteiger charge is 2.28. The van der Waals surface area contributed by atoms with Crippen molar-refractivity contribution in [2.45, 2.75) is 44.2 Å². The van der Waals surface area contributed by atoms with Crippen LogP contribution < -0.4 is 15.8 Å². The molecule has 0 radical (unpaired) electrons. The summed E-state index contributed by atoms with van der Waals surface area (Å²) in [5, 5.41) is 3.86. The molecule has 0 bridgehead atoms. The van der Waals surface area contributed by atoms with Crippen molar-refractivity contribution in [1.29, 1.82) is 0 Å². The minimum absolute atomic E-state index is 0.432. The molecule has 3 atom stereocenters. The van der Waals surface area contributed by atoms with E-state index in [0.717, 1.165) is 25.3 Å². The normalized spacial score (nSPS) is 30.5. The fourth-order valence-corrected chi connectivity index (χ4v) is 3.48. The first kappa shape index (κ1) is 12.9. The van der Waals surface area contributed by atoms with Gasteiger partial charge >= 0.3 is 0 Å². The van der Waals surface area contributed by atoms with Crippen LogP contribution in [-0.4, -0.2) is 19.2 Å². The van der Waals surface area contributed by atoms with Gasteiger partial charge in [-0.3, -0.25) is 0 Å². The van der Waals surface area contributed by atoms with Crippen LogP contribution >= 0.6 is 0 Å². The third kappa shape index (κ3) is 2.77. The van der Waals surface area contributed by atoms with E-state index in [1.165, 1.54) is 31.2 Å². The largest absolute Gasteiger partial charge is 0.493 e. The molecule has 1 aliphatic carbocycles. The van der Waals surface area contributed by atoms with E-state index in [-0.39, 0.29) is 0 Å². The number of rotatable bonds is 3. The van der Waals surface area contributed by atoms with Crippen LogP contribution in [0.3, 0.4) is 0 Å². The third-order valence-corrected chi connectivity index (χ3v) is 4.59. The summed E-state index contributed by atoms with van der Waals surface area (Å²) in [7, 11) is 0. The molecule has 3 N–H and O–H groups in total. The molecule has 0 aromatic heterocycles. The van der Waals surface area contributed by atoms with Gasteiger partial charge in [0.05, 0.1) is 6.61 Å². The molecule has 19 heavy (non-hydrogen) atoms. The summed E-state index contributed by atoms with van der Waals surface area (Å²) >= 11 is 0.